The molecule has 0 saturated heterocycles. The first-order chi connectivity index (χ1) is 15.9. The molecule has 168 valence electrons. The van der Waals surface area contributed by atoms with Gasteiger partial charge in [-0.25, -0.2) is 4.79 Å². The summed E-state index contributed by atoms with van der Waals surface area (Å²) in [5, 5.41) is 15.2. The molecule has 8 nitrogen and oxygen atoms in total. The summed E-state index contributed by atoms with van der Waals surface area (Å²) in [4.78, 5) is 31.4. The standard InChI is InChI=1S/C25H25N5O3/c1-17-22(18(2)30(28-17)16-20-11-7-4-8-12-20)26-15-21-23(31)27-25(33)29(24(21)32)14-13-19-9-5-3-6-10-19/h3-12,15,32H,13-14,16H2,1-2H3,(H,27,31,33). The highest BCUT2D eigenvalue weighted by atomic mass is 16.3. The molecule has 4 aromatic rings. The zero-order valence-corrected chi connectivity index (χ0v) is 18.5. The number of hydrogen-bond donors (Lipinski definition) is 2. The maximum atomic E-state index is 12.4. The van der Waals surface area contributed by atoms with E-state index in [1.165, 1.54) is 6.21 Å². The van der Waals surface area contributed by atoms with Crippen LogP contribution in [0.5, 0.6) is 5.88 Å². The first-order valence-electron chi connectivity index (χ1n) is 10.7. The van der Waals surface area contributed by atoms with Gasteiger partial charge in [-0.2, -0.15) is 5.10 Å². The van der Waals surface area contributed by atoms with Gasteiger partial charge in [0.2, 0.25) is 5.88 Å². The Kier molecular flexibility index (Phi) is 6.35. The number of nitrogens with zero attached hydrogens (tertiary/aromatic N) is 4. The van der Waals surface area contributed by atoms with Gasteiger partial charge in [0.05, 0.1) is 17.9 Å². The molecular weight excluding hydrogens is 418 g/mol. The minimum atomic E-state index is -0.691. The zero-order chi connectivity index (χ0) is 23.4. The van der Waals surface area contributed by atoms with Crippen molar-refractivity contribution in [3.8, 4) is 5.88 Å². The minimum absolute atomic E-state index is 0.0720. The molecule has 2 N–H and O–H groups in total. The predicted molar refractivity (Wildman–Crippen MR) is 128 cm³/mol. The van der Waals surface area contributed by atoms with Gasteiger partial charge in [0, 0.05) is 12.8 Å². The van der Waals surface area contributed by atoms with Crippen LogP contribution in [0.2, 0.25) is 0 Å². The Morgan fingerprint density at radius 1 is 1.00 bits per heavy atom. The second kappa shape index (κ2) is 9.52. The third-order valence-corrected chi connectivity index (χ3v) is 5.51. The second-order valence-corrected chi connectivity index (χ2v) is 7.80. The molecule has 0 atom stereocenters. The highest BCUT2D eigenvalue weighted by molar-refractivity contribution is 5.84. The van der Waals surface area contributed by atoms with E-state index in [0.717, 1.165) is 21.4 Å². The number of aromatic amines is 1. The van der Waals surface area contributed by atoms with E-state index >= 15 is 0 Å². The van der Waals surface area contributed by atoms with Crippen molar-refractivity contribution in [1.29, 1.82) is 0 Å². The van der Waals surface area contributed by atoms with Gasteiger partial charge < -0.3 is 5.11 Å². The molecule has 0 aliphatic heterocycles. The molecule has 0 aliphatic carbocycles. The lowest BCUT2D eigenvalue weighted by atomic mass is 10.1. The van der Waals surface area contributed by atoms with Gasteiger partial charge in [0.25, 0.3) is 5.56 Å². The predicted octanol–water partition coefficient (Wildman–Crippen LogP) is 3.10. The number of aliphatic imine (C=N–C) groups is 1. The number of aromatic hydroxyl groups is 1. The number of nitrogens with one attached hydrogen (secondary N) is 1. The summed E-state index contributed by atoms with van der Waals surface area (Å²) < 4.78 is 3.00. The van der Waals surface area contributed by atoms with Crippen LogP contribution in [0.3, 0.4) is 0 Å². The van der Waals surface area contributed by atoms with Gasteiger partial charge >= 0.3 is 5.69 Å². The summed E-state index contributed by atoms with van der Waals surface area (Å²) in [6.45, 7) is 4.56. The first kappa shape index (κ1) is 22.0. The molecule has 0 bridgehead atoms. The van der Waals surface area contributed by atoms with Crippen molar-refractivity contribution in [2.45, 2.75) is 33.4 Å². The number of H-pyrrole nitrogens is 1. The van der Waals surface area contributed by atoms with E-state index in [2.05, 4.69) is 15.1 Å². The van der Waals surface area contributed by atoms with Crippen molar-refractivity contribution in [1.82, 2.24) is 19.3 Å². The maximum absolute atomic E-state index is 12.4. The van der Waals surface area contributed by atoms with E-state index in [-0.39, 0.29) is 12.1 Å². The van der Waals surface area contributed by atoms with E-state index in [4.69, 9.17) is 0 Å². The molecular formula is C25H25N5O3. The third kappa shape index (κ3) is 4.85. The smallest absolute Gasteiger partial charge is 0.331 e. The van der Waals surface area contributed by atoms with Gasteiger partial charge in [-0.1, -0.05) is 60.7 Å². The molecule has 8 heteroatoms. The van der Waals surface area contributed by atoms with Crippen LogP contribution in [0.15, 0.2) is 75.2 Å². The maximum Gasteiger partial charge on any atom is 0.331 e. The van der Waals surface area contributed by atoms with E-state index < -0.39 is 17.1 Å². The molecule has 0 fully saturated rings. The Balaban J connectivity index is 1.62. The largest absolute Gasteiger partial charge is 0.494 e. The highest BCUT2D eigenvalue weighted by Gasteiger charge is 2.15. The number of aryl methyl sites for hydroxylation is 2. The summed E-state index contributed by atoms with van der Waals surface area (Å²) in [6, 6.07) is 19.6. The molecule has 0 aliphatic rings. The van der Waals surface area contributed by atoms with Crippen LogP contribution in [0.4, 0.5) is 5.69 Å². The summed E-state index contributed by atoms with van der Waals surface area (Å²) in [6.07, 6.45) is 1.82. The summed E-state index contributed by atoms with van der Waals surface area (Å²) in [5.41, 5.74) is 2.86. The van der Waals surface area contributed by atoms with Crippen LogP contribution in [0.25, 0.3) is 0 Å². The van der Waals surface area contributed by atoms with Crippen molar-refractivity contribution in [3.05, 3.63) is 110 Å². The number of rotatable bonds is 7. The molecule has 33 heavy (non-hydrogen) atoms. The van der Waals surface area contributed by atoms with Crippen molar-refractivity contribution in [2.75, 3.05) is 0 Å². The zero-order valence-electron chi connectivity index (χ0n) is 18.5. The molecule has 2 aromatic carbocycles. The topological polar surface area (TPSA) is 105 Å². The molecule has 0 spiro atoms. The van der Waals surface area contributed by atoms with Gasteiger partial charge in [0.1, 0.15) is 11.3 Å². The van der Waals surface area contributed by atoms with Gasteiger partial charge in [-0.3, -0.25) is 24.0 Å². The Bertz CT molecular complexity index is 1400. The van der Waals surface area contributed by atoms with Crippen LogP contribution in [0.1, 0.15) is 28.1 Å². The van der Waals surface area contributed by atoms with E-state index in [9.17, 15) is 14.7 Å². The third-order valence-electron chi connectivity index (χ3n) is 5.51. The fourth-order valence-corrected chi connectivity index (χ4v) is 3.70. The lowest BCUT2D eigenvalue weighted by molar-refractivity contribution is 0.399. The van der Waals surface area contributed by atoms with Crippen molar-refractivity contribution in [3.63, 3.8) is 0 Å². The summed E-state index contributed by atoms with van der Waals surface area (Å²) in [5.74, 6) is -0.407. The second-order valence-electron chi connectivity index (χ2n) is 7.80. The lowest BCUT2D eigenvalue weighted by Gasteiger charge is -2.09. The quantitative estimate of drug-likeness (QED) is 0.428. The van der Waals surface area contributed by atoms with E-state index in [0.29, 0.717) is 24.3 Å². The molecule has 2 heterocycles. The van der Waals surface area contributed by atoms with Gasteiger partial charge in [0.15, 0.2) is 0 Å². The van der Waals surface area contributed by atoms with E-state index in [1.807, 2.05) is 79.2 Å². The Morgan fingerprint density at radius 3 is 2.30 bits per heavy atom. The molecule has 0 radical (unpaired) electrons. The Labute approximate surface area is 190 Å². The highest BCUT2D eigenvalue weighted by Crippen LogP contribution is 2.24. The van der Waals surface area contributed by atoms with Crippen LogP contribution in [-0.4, -0.2) is 30.7 Å². The molecule has 0 amide bonds. The normalized spacial score (nSPS) is 11.3. The number of hydrogen-bond acceptors (Lipinski definition) is 5. The van der Waals surface area contributed by atoms with Crippen LogP contribution in [-0.2, 0) is 19.5 Å². The van der Waals surface area contributed by atoms with Gasteiger partial charge in [-0.05, 0) is 31.4 Å². The molecule has 2 aromatic heterocycles. The lowest BCUT2D eigenvalue weighted by Crippen LogP contribution is -2.32. The summed E-state index contributed by atoms with van der Waals surface area (Å²) >= 11 is 0. The Morgan fingerprint density at radius 2 is 1.64 bits per heavy atom. The number of benzene rings is 2. The van der Waals surface area contributed by atoms with Crippen LogP contribution < -0.4 is 11.2 Å². The molecule has 4 rings (SSSR count). The van der Waals surface area contributed by atoms with Crippen LogP contribution >= 0.6 is 0 Å². The fourth-order valence-electron chi connectivity index (χ4n) is 3.70. The minimum Gasteiger partial charge on any atom is -0.494 e. The fraction of sp³-hybridized carbons (Fsp3) is 0.200. The van der Waals surface area contributed by atoms with E-state index in [1.54, 1.807) is 0 Å². The summed E-state index contributed by atoms with van der Waals surface area (Å²) in [7, 11) is 0. The number of aromatic nitrogens is 4. The monoisotopic (exact) mass is 443 g/mol. The van der Waals surface area contributed by atoms with Crippen molar-refractivity contribution < 1.29 is 5.11 Å². The van der Waals surface area contributed by atoms with Crippen molar-refractivity contribution in [2.24, 2.45) is 4.99 Å². The SMILES string of the molecule is Cc1nn(Cc2ccccc2)c(C)c1N=Cc1c(O)n(CCc2ccccc2)c(=O)[nH]c1=O. The molecule has 0 saturated carbocycles. The molecule has 0 unspecified atom stereocenters. The van der Waals surface area contributed by atoms with Crippen molar-refractivity contribution >= 4 is 11.9 Å². The average Bonchev–Trinajstić information content (AvgIpc) is 3.07. The van der Waals surface area contributed by atoms with Gasteiger partial charge in [-0.15, -0.1) is 0 Å². The first-order valence-corrected chi connectivity index (χ1v) is 10.7. The average molecular weight is 444 g/mol. The Hall–Kier alpha value is -4.20. The van der Waals surface area contributed by atoms with Crippen LogP contribution in [0, 0.1) is 13.8 Å².